The van der Waals surface area contributed by atoms with Gasteiger partial charge in [0, 0.05) is 11.1 Å². The summed E-state index contributed by atoms with van der Waals surface area (Å²) < 4.78 is 39.8. The van der Waals surface area contributed by atoms with E-state index >= 15 is 0 Å². The molecule has 2 aromatic carbocycles. The fourth-order valence-corrected chi connectivity index (χ4v) is 5.22. The number of fused-ring (bicyclic) bond motifs is 1. The molecule has 1 N–H and O–H groups in total. The first-order valence-corrected chi connectivity index (χ1v) is 11.4. The van der Waals surface area contributed by atoms with Crippen molar-refractivity contribution in [1.82, 2.24) is 0 Å². The van der Waals surface area contributed by atoms with Crippen LogP contribution in [0.3, 0.4) is 0 Å². The Morgan fingerprint density at radius 1 is 1.07 bits per heavy atom. The number of unbranched alkanes of at least 4 members (excludes halogenated alkanes) is 1. The summed E-state index contributed by atoms with van der Waals surface area (Å²) in [7, 11) is -3.80. The van der Waals surface area contributed by atoms with E-state index in [-0.39, 0.29) is 4.90 Å². The van der Waals surface area contributed by atoms with Crippen molar-refractivity contribution < 1.29 is 22.4 Å². The highest BCUT2D eigenvalue weighted by atomic mass is 32.2. The molecular weight excluding hydrogens is 402 g/mol. The lowest BCUT2D eigenvalue weighted by Crippen LogP contribution is -2.16. The molecule has 30 heavy (non-hydrogen) atoms. The summed E-state index contributed by atoms with van der Waals surface area (Å²) in [6.45, 7) is 9.53. The van der Waals surface area contributed by atoms with E-state index in [2.05, 4.69) is 4.72 Å². The van der Waals surface area contributed by atoms with E-state index in [0.717, 1.165) is 18.4 Å². The first-order valence-electron chi connectivity index (χ1n) is 9.95. The Labute approximate surface area is 177 Å². The van der Waals surface area contributed by atoms with Crippen molar-refractivity contribution in [2.24, 2.45) is 0 Å². The maximum absolute atomic E-state index is 13.1. The number of ether oxygens (including phenoxy) is 1. The molecule has 0 saturated heterocycles. The van der Waals surface area contributed by atoms with Gasteiger partial charge in [-0.1, -0.05) is 31.0 Å². The average Bonchev–Trinajstić information content (AvgIpc) is 2.95. The summed E-state index contributed by atoms with van der Waals surface area (Å²) in [5.74, 6) is -0.0262. The number of nitrogens with one attached hydrogen (secondary N) is 1. The average molecular weight is 430 g/mol. The van der Waals surface area contributed by atoms with E-state index in [1.54, 1.807) is 39.0 Å². The van der Waals surface area contributed by atoms with Crippen molar-refractivity contribution in [3.05, 3.63) is 58.3 Å². The Morgan fingerprint density at radius 2 is 1.73 bits per heavy atom. The molecule has 0 radical (unpaired) electrons. The Morgan fingerprint density at radius 3 is 2.37 bits per heavy atom. The molecule has 0 amide bonds. The third kappa shape index (κ3) is 4.36. The van der Waals surface area contributed by atoms with Gasteiger partial charge in [-0.25, -0.2) is 13.2 Å². The van der Waals surface area contributed by atoms with Gasteiger partial charge in [-0.2, -0.15) is 0 Å². The highest BCUT2D eigenvalue weighted by Gasteiger charge is 2.23. The quantitative estimate of drug-likeness (QED) is 0.400. The number of hydrogen-bond donors (Lipinski definition) is 1. The molecule has 0 aliphatic heterocycles. The number of carbonyl (C=O) groups is 1. The molecule has 0 bridgehead atoms. The normalized spacial score (nSPS) is 11.6. The molecule has 0 atom stereocenters. The standard InChI is InChI=1S/C23H27NO5S/c1-6-7-10-28-23(25)21-17(5)29-20-9-8-18(13-19(20)21)24-30(26,27)22-15(3)11-14(2)12-16(22)4/h8-9,11-13,24H,6-7,10H2,1-5H3. The number of benzene rings is 2. The van der Waals surface area contributed by atoms with Crippen LogP contribution in [0.2, 0.25) is 0 Å². The number of anilines is 1. The van der Waals surface area contributed by atoms with Crippen LogP contribution in [0.25, 0.3) is 11.0 Å². The van der Waals surface area contributed by atoms with Gasteiger partial charge in [-0.3, -0.25) is 4.72 Å². The van der Waals surface area contributed by atoms with Crippen molar-refractivity contribution in [2.75, 3.05) is 11.3 Å². The molecular formula is C23H27NO5S. The van der Waals surface area contributed by atoms with Crippen LogP contribution >= 0.6 is 0 Å². The van der Waals surface area contributed by atoms with Crippen LogP contribution in [-0.4, -0.2) is 21.0 Å². The van der Waals surface area contributed by atoms with Crippen LogP contribution in [0.5, 0.6) is 0 Å². The second-order valence-electron chi connectivity index (χ2n) is 7.57. The van der Waals surface area contributed by atoms with Crippen molar-refractivity contribution in [1.29, 1.82) is 0 Å². The first-order chi connectivity index (χ1) is 14.1. The van der Waals surface area contributed by atoms with E-state index in [1.165, 1.54) is 0 Å². The van der Waals surface area contributed by atoms with Gasteiger partial charge < -0.3 is 9.15 Å². The van der Waals surface area contributed by atoms with Crippen LogP contribution in [-0.2, 0) is 14.8 Å². The zero-order valence-corrected chi connectivity index (χ0v) is 18.8. The zero-order chi connectivity index (χ0) is 22.1. The summed E-state index contributed by atoms with van der Waals surface area (Å²) in [5, 5.41) is 0.520. The lowest BCUT2D eigenvalue weighted by atomic mass is 10.1. The third-order valence-corrected chi connectivity index (χ3v) is 6.61. The molecule has 3 aromatic rings. The molecule has 0 unspecified atom stereocenters. The predicted octanol–water partition coefficient (Wildman–Crippen LogP) is 5.42. The summed E-state index contributed by atoms with van der Waals surface area (Å²) in [5.41, 5.74) is 3.54. The van der Waals surface area contributed by atoms with E-state index in [9.17, 15) is 13.2 Å². The first kappa shape index (κ1) is 21.9. The molecule has 3 rings (SSSR count). The van der Waals surface area contributed by atoms with Crippen LogP contribution in [0, 0.1) is 27.7 Å². The van der Waals surface area contributed by atoms with Gasteiger partial charge in [0.05, 0.1) is 11.5 Å². The van der Waals surface area contributed by atoms with Crippen LogP contribution < -0.4 is 4.72 Å². The van der Waals surface area contributed by atoms with Crippen LogP contribution in [0.4, 0.5) is 5.69 Å². The van der Waals surface area contributed by atoms with E-state index in [4.69, 9.17) is 9.15 Å². The van der Waals surface area contributed by atoms with Gasteiger partial charge in [0.1, 0.15) is 16.9 Å². The smallest absolute Gasteiger partial charge is 0.342 e. The SMILES string of the molecule is CCCCOC(=O)c1c(C)oc2ccc(NS(=O)(=O)c3c(C)cc(C)cc3C)cc12. The van der Waals surface area contributed by atoms with Gasteiger partial charge >= 0.3 is 5.97 Å². The topological polar surface area (TPSA) is 85.6 Å². The number of furan rings is 1. The van der Waals surface area contributed by atoms with Crippen molar-refractivity contribution >= 4 is 32.6 Å². The highest BCUT2D eigenvalue weighted by Crippen LogP contribution is 2.31. The van der Waals surface area contributed by atoms with Crippen molar-refractivity contribution in [3.8, 4) is 0 Å². The largest absolute Gasteiger partial charge is 0.462 e. The molecule has 160 valence electrons. The van der Waals surface area contributed by atoms with Gasteiger partial charge in [0.2, 0.25) is 0 Å². The third-order valence-electron chi connectivity index (χ3n) is 4.92. The van der Waals surface area contributed by atoms with Crippen molar-refractivity contribution in [3.63, 3.8) is 0 Å². The van der Waals surface area contributed by atoms with Crippen molar-refractivity contribution in [2.45, 2.75) is 52.4 Å². The summed E-state index contributed by atoms with van der Waals surface area (Å²) in [4.78, 5) is 12.8. The fraction of sp³-hybridized carbons (Fsp3) is 0.348. The predicted molar refractivity (Wildman–Crippen MR) is 118 cm³/mol. The zero-order valence-electron chi connectivity index (χ0n) is 18.0. The van der Waals surface area contributed by atoms with Gasteiger partial charge in [0.25, 0.3) is 10.0 Å². The van der Waals surface area contributed by atoms with E-state index in [1.807, 2.05) is 26.0 Å². The molecule has 0 spiro atoms. The van der Waals surface area contributed by atoms with Gasteiger partial charge in [-0.15, -0.1) is 0 Å². The molecule has 0 fully saturated rings. The van der Waals surface area contributed by atoms with E-state index in [0.29, 0.717) is 45.7 Å². The van der Waals surface area contributed by atoms with E-state index < -0.39 is 16.0 Å². The number of sulfonamides is 1. The number of carbonyl (C=O) groups excluding carboxylic acids is 1. The number of hydrogen-bond acceptors (Lipinski definition) is 5. The number of esters is 1. The fourth-order valence-electron chi connectivity index (χ4n) is 3.72. The molecule has 0 saturated carbocycles. The Balaban J connectivity index is 1.98. The minimum Gasteiger partial charge on any atom is -0.462 e. The molecule has 1 aromatic heterocycles. The molecule has 1 heterocycles. The summed E-state index contributed by atoms with van der Waals surface area (Å²) >= 11 is 0. The second kappa shape index (κ2) is 8.52. The lowest BCUT2D eigenvalue weighted by Gasteiger charge is -2.14. The van der Waals surface area contributed by atoms with Gasteiger partial charge in [-0.05, 0) is 63.4 Å². The Bertz CT molecular complexity index is 1180. The Hall–Kier alpha value is -2.80. The van der Waals surface area contributed by atoms with Gasteiger partial charge in [0.15, 0.2) is 0 Å². The summed E-state index contributed by atoms with van der Waals surface area (Å²) in [6.07, 6.45) is 1.70. The molecule has 0 aliphatic rings. The maximum atomic E-state index is 13.1. The lowest BCUT2D eigenvalue weighted by molar-refractivity contribution is 0.0500. The molecule has 6 nitrogen and oxygen atoms in total. The Kier molecular flexibility index (Phi) is 6.22. The highest BCUT2D eigenvalue weighted by molar-refractivity contribution is 7.92. The molecule has 0 aliphatic carbocycles. The summed E-state index contributed by atoms with van der Waals surface area (Å²) in [6, 6.07) is 8.56. The minimum absolute atomic E-state index is 0.260. The van der Waals surface area contributed by atoms with Crippen LogP contribution in [0.15, 0.2) is 39.6 Å². The molecule has 7 heteroatoms. The second-order valence-corrected chi connectivity index (χ2v) is 9.19. The minimum atomic E-state index is -3.80. The maximum Gasteiger partial charge on any atom is 0.342 e. The number of aryl methyl sites for hydroxylation is 4. The number of rotatable bonds is 7. The van der Waals surface area contributed by atoms with Crippen LogP contribution in [0.1, 0.15) is 52.6 Å². The monoisotopic (exact) mass is 429 g/mol.